The van der Waals surface area contributed by atoms with Crippen LogP contribution < -0.4 is 10.1 Å². The van der Waals surface area contributed by atoms with Gasteiger partial charge in [0.15, 0.2) is 0 Å². The highest BCUT2D eigenvalue weighted by molar-refractivity contribution is 5.70. The van der Waals surface area contributed by atoms with E-state index in [9.17, 15) is 4.79 Å². The third kappa shape index (κ3) is 2.78. The van der Waals surface area contributed by atoms with E-state index in [1.54, 1.807) is 0 Å². The van der Waals surface area contributed by atoms with Crippen molar-refractivity contribution in [1.29, 1.82) is 0 Å². The van der Waals surface area contributed by atoms with Gasteiger partial charge in [0.2, 0.25) is 0 Å². The number of carboxylic acids is 1. The first-order chi connectivity index (χ1) is 9.61. The Hall–Kier alpha value is -1.59. The van der Waals surface area contributed by atoms with Gasteiger partial charge in [-0.05, 0) is 31.2 Å². The summed E-state index contributed by atoms with van der Waals surface area (Å²) >= 11 is 0. The van der Waals surface area contributed by atoms with Crippen LogP contribution in [0.15, 0.2) is 24.3 Å². The highest BCUT2D eigenvalue weighted by Crippen LogP contribution is 2.28. The molecule has 2 heterocycles. The molecule has 20 heavy (non-hydrogen) atoms. The first kappa shape index (κ1) is 13.4. The smallest absolute Gasteiger partial charge is 0.307 e. The Morgan fingerprint density at radius 2 is 2.05 bits per heavy atom. The van der Waals surface area contributed by atoms with E-state index in [4.69, 9.17) is 9.84 Å². The minimum Gasteiger partial charge on any atom is -0.488 e. The van der Waals surface area contributed by atoms with E-state index in [-0.39, 0.29) is 12.0 Å². The molecule has 5 heteroatoms. The highest BCUT2D eigenvalue weighted by Gasteiger charge is 2.30. The van der Waals surface area contributed by atoms with Crippen LogP contribution in [0.25, 0.3) is 0 Å². The lowest BCUT2D eigenvalue weighted by Crippen LogP contribution is -2.51. The molecule has 0 bridgehead atoms. The fourth-order valence-electron chi connectivity index (χ4n) is 2.87. The Labute approximate surface area is 118 Å². The number of likely N-dealkylation sites (tertiary alicyclic amines) is 1. The first-order valence-corrected chi connectivity index (χ1v) is 7.03. The van der Waals surface area contributed by atoms with Crippen molar-refractivity contribution in [3.05, 3.63) is 29.8 Å². The molecule has 5 nitrogen and oxygen atoms in total. The molecule has 3 rings (SSSR count). The summed E-state index contributed by atoms with van der Waals surface area (Å²) in [6.45, 7) is 2.51. The van der Waals surface area contributed by atoms with Gasteiger partial charge in [0, 0.05) is 25.7 Å². The lowest BCUT2D eigenvalue weighted by molar-refractivity contribution is -0.141. The molecule has 2 saturated heterocycles. The Morgan fingerprint density at radius 3 is 2.60 bits per heavy atom. The molecule has 0 aliphatic carbocycles. The van der Waals surface area contributed by atoms with Crippen LogP contribution in [0.4, 0.5) is 0 Å². The first-order valence-electron chi connectivity index (χ1n) is 7.03. The number of hydrogen-bond acceptors (Lipinski definition) is 4. The molecule has 1 aromatic rings. The molecule has 2 fully saturated rings. The maximum absolute atomic E-state index is 11.0. The van der Waals surface area contributed by atoms with Crippen molar-refractivity contribution in [2.45, 2.75) is 18.6 Å². The Balaban J connectivity index is 1.57. The van der Waals surface area contributed by atoms with Crippen LogP contribution in [-0.4, -0.2) is 48.8 Å². The van der Waals surface area contributed by atoms with Crippen molar-refractivity contribution in [2.24, 2.45) is 5.92 Å². The Morgan fingerprint density at radius 1 is 1.35 bits per heavy atom. The van der Waals surface area contributed by atoms with Crippen molar-refractivity contribution < 1.29 is 14.6 Å². The van der Waals surface area contributed by atoms with Gasteiger partial charge in [0.1, 0.15) is 11.9 Å². The Bertz CT molecular complexity index is 482. The number of carbonyl (C=O) groups is 1. The fourth-order valence-corrected chi connectivity index (χ4v) is 2.87. The van der Waals surface area contributed by atoms with Gasteiger partial charge < -0.3 is 15.2 Å². The zero-order chi connectivity index (χ0) is 14.1. The number of rotatable bonds is 4. The van der Waals surface area contributed by atoms with Crippen molar-refractivity contribution in [2.75, 3.05) is 26.7 Å². The fraction of sp³-hybridized carbons (Fsp3) is 0.533. The second-order valence-electron chi connectivity index (χ2n) is 5.76. The second kappa shape index (κ2) is 5.42. The van der Waals surface area contributed by atoms with E-state index >= 15 is 0 Å². The summed E-state index contributed by atoms with van der Waals surface area (Å²) in [5.41, 5.74) is 1.13. The molecule has 2 aliphatic rings. The molecular weight excluding hydrogens is 256 g/mol. The van der Waals surface area contributed by atoms with E-state index in [2.05, 4.69) is 17.3 Å². The van der Waals surface area contributed by atoms with Crippen molar-refractivity contribution in [3.8, 4) is 5.75 Å². The minimum atomic E-state index is -0.714. The van der Waals surface area contributed by atoms with Gasteiger partial charge in [-0.1, -0.05) is 12.1 Å². The topological polar surface area (TPSA) is 61.8 Å². The maximum Gasteiger partial charge on any atom is 0.307 e. The van der Waals surface area contributed by atoms with Gasteiger partial charge in [-0.3, -0.25) is 9.69 Å². The van der Waals surface area contributed by atoms with Gasteiger partial charge in [-0.2, -0.15) is 0 Å². The third-order valence-corrected chi connectivity index (χ3v) is 4.10. The summed E-state index contributed by atoms with van der Waals surface area (Å²) in [4.78, 5) is 13.2. The van der Waals surface area contributed by atoms with E-state index in [0.29, 0.717) is 19.1 Å². The van der Waals surface area contributed by atoms with Crippen LogP contribution in [0.5, 0.6) is 5.75 Å². The molecule has 2 atom stereocenters. The number of nitrogens with zero attached hydrogens (tertiary/aromatic N) is 1. The van der Waals surface area contributed by atoms with Gasteiger partial charge in [-0.15, -0.1) is 0 Å². The molecule has 2 unspecified atom stereocenters. The number of nitrogens with one attached hydrogen (secondary N) is 1. The lowest BCUT2D eigenvalue weighted by Gasteiger charge is -2.36. The van der Waals surface area contributed by atoms with Crippen LogP contribution in [-0.2, 0) is 4.79 Å². The van der Waals surface area contributed by atoms with Crippen molar-refractivity contribution in [3.63, 3.8) is 0 Å². The summed E-state index contributed by atoms with van der Waals surface area (Å²) < 4.78 is 5.84. The van der Waals surface area contributed by atoms with Gasteiger partial charge in [-0.25, -0.2) is 0 Å². The highest BCUT2D eigenvalue weighted by atomic mass is 16.5. The summed E-state index contributed by atoms with van der Waals surface area (Å²) in [5, 5.41) is 12.3. The standard InChI is InChI=1S/C15H20N2O3/c1-17-8-13(9-17)20-12-4-2-10(3-5-12)14-6-11(7-16-14)15(18)19/h2-5,11,13-14,16H,6-9H2,1H3,(H,18,19). The van der Waals surface area contributed by atoms with Gasteiger partial charge >= 0.3 is 5.97 Å². The molecule has 1 aromatic carbocycles. The molecule has 2 N–H and O–H groups in total. The van der Waals surface area contributed by atoms with E-state index < -0.39 is 5.97 Å². The molecular formula is C15H20N2O3. The average molecular weight is 276 g/mol. The monoisotopic (exact) mass is 276 g/mol. The third-order valence-electron chi connectivity index (χ3n) is 4.10. The maximum atomic E-state index is 11.0. The Kier molecular flexibility index (Phi) is 3.63. The minimum absolute atomic E-state index is 0.139. The molecule has 0 spiro atoms. The summed E-state index contributed by atoms with van der Waals surface area (Å²) in [5.74, 6) is -0.102. The number of aliphatic carboxylic acids is 1. The number of ether oxygens (including phenoxy) is 1. The number of benzene rings is 1. The van der Waals surface area contributed by atoms with Crippen molar-refractivity contribution >= 4 is 5.97 Å². The predicted octanol–water partition coefficient (Wildman–Crippen LogP) is 1.11. The van der Waals surface area contributed by atoms with Crippen molar-refractivity contribution in [1.82, 2.24) is 10.2 Å². The molecule has 0 amide bonds. The van der Waals surface area contributed by atoms with E-state index in [1.165, 1.54) is 0 Å². The lowest BCUT2D eigenvalue weighted by atomic mass is 10.0. The number of carboxylic acid groups (broad SMARTS) is 1. The molecule has 108 valence electrons. The number of likely N-dealkylation sites (N-methyl/N-ethyl adjacent to an activating group) is 1. The van der Waals surface area contributed by atoms with Crippen LogP contribution >= 0.6 is 0 Å². The van der Waals surface area contributed by atoms with E-state index in [1.807, 2.05) is 24.3 Å². The van der Waals surface area contributed by atoms with Gasteiger partial charge in [0.25, 0.3) is 0 Å². The summed E-state index contributed by atoms with van der Waals surface area (Å²) in [7, 11) is 2.08. The van der Waals surface area contributed by atoms with Crippen LogP contribution in [0, 0.1) is 5.92 Å². The largest absolute Gasteiger partial charge is 0.488 e. The molecule has 2 aliphatic heterocycles. The number of hydrogen-bond donors (Lipinski definition) is 2. The van der Waals surface area contributed by atoms with Crippen LogP contribution in [0.2, 0.25) is 0 Å². The molecule has 0 aromatic heterocycles. The SMILES string of the molecule is CN1CC(Oc2ccc(C3CC(C(=O)O)CN3)cc2)C1. The zero-order valence-electron chi connectivity index (χ0n) is 11.6. The zero-order valence-corrected chi connectivity index (χ0v) is 11.6. The summed E-state index contributed by atoms with van der Waals surface area (Å²) in [6.07, 6.45) is 0.954. The molecule has 0 saturated carbocycles. The predicted molar refractivity (Wildman–Crippen MR) is 74.8 cm³/mol. The average Bonchev–Trinajstić information content (AvgIpc) is 2.87. The quantitative estimate of drug-likeness (QED) is 0.863. The second-order valence-corrected chi connectivity index (χ2v) is 5.76. The van der Waals surface area contributed by atoms with Gasteiger partial charge in [0.05, 0.1) is 5.92 Å². The van der Waals surface area contributed by atoms with Crippen LogP contribution in [0.3, 0.4) is 0 Å². The normalized spacial score (nSPS) is 27.2. The summed E-state index contributed by atoms with van der Waals surface area (Å²) in [6, 6.07) is 8.14. The van der Waals surface area contributed by atoms with Crippen LogP contribution in [0.1, 0.15) is 18.0 Å². The molecule has 0 radical (unpaired) electrons. The van der Waals surface area contributed by atoms with E-state index in [0.717, 1.165) is 24.4 Å².